The topological polar surface area (TPSA) is 38.0 Å². The number of benzene rings is 1. The number of nitrogens with zero attached hydrogens (tertiary/aromatic N) is 2. The van der Waals surface area contributed by atoms with Gasteiger partial charge in [-0.05, 0) is 49.3 Å². The van der Waals surface area contributed by atoms with Crippen molar-refractivity contribution in [2.45, 2.75) is 44.6 Å². The zero-order valence-electron chi connectivity index (χ0n) is 12.3. The molecular weight excluding hydrogens is 248 g/mol. The predicted molar refractivity (Wildman–Crippen MR) is 79.6 cm³/mol. The summed E-state index contributed by atoms with van der Waals surface area (Å²) in [6, 6.07) is 6.46. The number of aromatic nitrogens is 2. The monoisotopic (exact) mass is 270 g/mol. The van der Waals surface area contributed by atoms with Crippen LogP contribution in [-0.2, 0) is 31.9 Å². The summed E-state index contributed by atoms with van der Waals surface area (Å²) in [6.45, 7) is 1.88. The molecule has 0 spiro atoms. The first-order valence-electron chi connectivity index (χ1n) is 7.37. The van der Waals surface area contributed by atoms with Crippen LogP contribution in [0, 0.1) is 0 Å². The van der Waals surface area contributed by atoms with Gasteiger partial charge in [0.05, 0.1) is 5.60 Å². The van der Waals surface area contributed by atoms with Crippen molar-refractivity contribution in [2.24, 2.45) is 7.05 Å². The maximum Gasteiger partial charge on any atom is 0.111 e. The van der Waals surface area contributed by atoms with Crippen molar-refractivity contribution in [2.75, 3.05) is 0 Å². The number of imidazole rings is 1. The van der Waals surface area contributed by atoms with E-state index in [2.05, 4.69) is 23.2 Å². The molecule has 0 bridgehead atoms. The fraction of sp³-hybridized carbons (Fsp3) is 0.471. The van der Waals surface area contributed by atoms with E-state index in [-0.39, 0.29) is 0 Å². The smallest absolute Gasteiger partial charge is 0.111 e. The van der Waals surface area contributed by atoms with Crippen molar-refractivity contribution < 1.29 is 5.11 Å². The van der Waals surface area contributed by atoms with Crippen molar-refractivity contribution in [3.63, 3.8) is 0 Å². The molecule has 0 aliphatic heterocycles. The quantitative estimate of drug-likeness (QED) is 0.931. The molecule has 3 rings (SSSR count). The number of aryl methyl sites for hydroxylation is 3. The summed E-state index contributed by atoms with van der Waals surface area (Å²) >= 11 is 0. The first-order valence-corrected chi connectivity index (χ1v) is 7.37. The lowest BCUT2D eigenvalue weighted by Gasteiger charge is -2.26. The lowest BCUT2D eigenvalue weighted by molar-refractivity contribution is 0.0546. The Labute approximate surface area is 120 Å². The van der Waals surface area contributed by atoms with Crippen LogP contribution in [0.2, 0.25) is 0 Å². The van der Waals surface area contributed by atoms with Crippen LogP contribution in [0.25, 0.3) is 0 Å². The van der Waals surface area contributed by atoms with Gasteiger partial charge in [-0.2, -0.15) is 0 Å². The Hall–Kier alpha value is -1.61. The lowest BCUT2D eigenvalue weighted by atomic mass is 9.85. The minimum absolute atomic E-state index is 0.537. The SMILES string of the molecule is Cn1ccnc1CC(C)(O)c1ccc2c(c1)CCCC2. The van der Waals surface area contributed by atoms with Crippen LogP contribution < -0.4 is 0 Å². The maximum absolute atomic E-state index is 10.8. The zero-order chi connectivity index (χ0) is 14.2. The highest BCUT2D eigenvalue weighted by atomic mass is 16.3. The van der Waals surface area contributed by atoms with E-state index in [1.54, 1.807) is 6.20 Å². The van der Waals surface area contributed by atoms with E-state index in [1.807, 2.05) is 24.7 Å². The van der Waals surface area contributed by atoms with Gasteiger partial charge >= 0.3 is 0 Å². The van der Waals surface area contributed by atoms with E-state index in [1.165, 1.54) is 30.4 Å². The molecule has 0 fully saturated rings. The Morgan fingerprint density at radius 3 is 2.70 bits per heavy atom. The molecule has 1 atom stereocenters. The van der Waals surface area contributed by atoms with E-state index in [4.69, 9.17) is 0 Å². The third kappa shape index (κ3) is 2.50. The number of aliphatic hydroxyl groups is 1. The van der Waals surface area contributed by atoms with Crippen LogP contribution >= 0.6 is 0 Å². The summed E-state index contributed by atoms with van der Waals surface area (Å²) in [7, 11) is 1.96. The molecule has 2 aromatic rings. The summed E-state index contributed by atoms with van der Waals surface area (Å²) in [4.78, 5) is 4.32. The molecule has 0 radical (unpaired) electrons. The molecule has 20 heavy (non-hydrogen) atoms. The minimum atomic E-state index is -0.869. The van der Waals surface area contributed by atoms with Gasteiger partial charge in [-0.1, -0.05) is 18.2 Å². The van der Waals surface area contributed by atoms with Gasteiger partial charge in [0.15, 0.2) is 0 Å². The Morgan fingerprint density at radius 2 is 2.00 bits per heavy atom. The van der Waals surface area contributed by atoms with Crippen LogP contribution in [0.15, 0.2) is 30.6 Å². The van der Waals surface area contributed by atoms with Crippen LogP contribution in [0.1, 0.15) is 42.3 Å². The standard InChI is InChI=1S/C17H22N2O/c1-17(20,12-16-18-9-10-19(16)2)15-8-7-13-5-3-4-6-14(13)11-15/h7-11,20H,3-6,12H2,1-2H3. The highest BCUT2D eigenvalue weighted by Crippen LogP contribution is 2.29. The molecule has 0 saturated carbocycles. The van der Waals surface area contributed by atoms with Gasteiger partial charge in [-0.3, -0.25) is 0 Å². The fourth-order valence-corrected chi connectivity index (χ4v) is 3.05. The van der Waals surface area contributed by atoms with Gasteiger partial charge in [0, 0.05) is 25.9 Å². The zero-order valence-corrected chi connectivity index (χ0v) is 12.3. The number of fused-ring (bicyclic) bond motifs is 1. The second kappa shape index (κ2) is 5.06. The van der Waals surface area contributed by atoms with Gasteiger partial charge in [-0.15, -0.1) is 0 Å². The third-order valence-electron chi connectivity index (χ3n) is 4.39. The van der Waals surface area contributed by atoms with Crippen LogP contribution in [-0.4, -0.2) is 14.7 Å². The molecule has 106 valence electrons. The van der Waals surface area contributed by atoms with E-state index in [0.29, 0.717) is 6.42 Å². The Kier molecular flexibility index (Phi) is 3.38. The Bertz CT molecular complexity index is 613. The molecule has 1 N–H and O–H groups in total. The van der Waals surface area contributed by atoms with E-state index in [9.17, 15) is 5.11 Å². The average molecular weight is 270 g/mol. The van der Waals surface area contributed by atoms with Crippen molar-refractivity contribution in [1.82, 2.24) is 9.55 Å². The Morgan fingerprint density at radius 1 is 1.25 bits per heavy atom. The summed E-state index contributed by atoms with van der Waals surface area (Å²) in [5.74, 6) is 0.910. The number of hydrogen-bond donors (Lipinski definition) is 1. The van der Waals surface area contributed by atoms with E-state index >= 15 is 0 Å². The van der Waals surface area contributed by atoms with Crippen molar-refractivity contribution >= 4 is 0 Å². The first kappa shape index (κ1) is 13.4. The highest BCUT2D eigenvalue weighted by Gasteiger charge is 2.26. The van der Waals surface area contributed by atoms with Gasteiger partial charge in [-0.25, -0.2) is 4.98 Å². The molecule has 3 nitrogen and oxygen atoms in total. The number of hydrogen-bond acceptors (Lipinski definition) is 2. The molecular formula is C17H22N2O. The molecule has 1 aromatic carbocycles. The van der Waals surface area contributed by atoms with E-state index < -0.39 is 5.60 Å². The molecule has 1 aromatic heterocycles. The highest BCUT2D eigenvalue weighted by molar-refractivity contribution is 5.36. The maximum atomic E-state index is 10.8. The van der Waals surface area contributed by atoms with Crippen molar-refractivity contribution in [3.05, 3.63) is 53.1 Å². The predicted octanol–water partition coefficient (Wildman–Crippen LogP) is 2.75. The van der Waals surface area contributed by atoms with Gasteiger partial charge < -0.3 is 9.67 Å². The molecule has 0 saturated heterocycles. The molecule has 3 heteroatoms. The normalized spacial score (nSPS) is 17.6. The van der Waals surface area contributed by atoms with Gasteiger partial charge in [0.1, 0.15) is 5.82 Å². The summed E-state index contributed by atoms with van der Waals surface area (Å²) in [5.41, 5.74) is 2.99. The molecule has 0 amide bonds. The van der Waals surface area contributed by atoms with E-state index in [0.717, 1.165) is 17.8 Å². The summed E-state index contributed by atoms with van der Waals surface area (Å²) in [6.07, 6.45) is 9.10. The lowest BCUT2D eigenvalue weighted by Crippen LogP contribution is -2.26. The minimum Gasteiger partial charge on any atom is -0.385 e. The molecule has 1 heterocycles. The van der Waals surface area contributed by atoms with Gasteiger partial charge in [0.2, 0.25) is 0 Å². The average Bonchev–Trinajstić information content (AvgIpc) is 2.83. The third-order valence-corrected chi connectivity index (χ3v) is 4.39. The molecule has 1 aliphatic carbocycles. The summed E-state index contributed by atoms with van der Waals surface area (Å²) < 4.78 is 1.97. The summed E-state index contributed by atoms with van der Waals surface area (Å²) in [5, 5.41) is 10.8. The second-order valence-corrected chi connectivity index (χ2v) is 6.10. The number of rotatable bonds is 3. The molecule has 1 aliphatic rings. The van der Waals surface area contributed by atoms with Crippen molar-refractivity contribution in [3.8, 4) is 0 Å². The first-order chi connectivity index (χ1) is 9.56. The van der Waals surface area contributed by atoms with Crippen molar-refractivity contribution in [1.29, 1.82) is 0 Å². The van der Waals surface area contributed by atoms with Crippen LogP contribution in [0.3, 0.4) is 0 Å². The second-order valence-electron chi connectivity index (χ2n) is 6.10. The van der Waals surface area contributed by atoms with Crippen LogP contribution in [0.4, 0.5) is 0 Å². The largest absolute Gasteiger partial charge is 0.385 e. The van der Waals surface area contributed by atoms with Crippen LogP contribution in [0.5, 0.6) is 0 Å². The Balaban J connectivity index is 1.89. The van der Waals surface area contributed by atoms with Gasteiger partial charge in [0.25, 0.3) is 0 Å². The fourth-order valence-electron chi connectivity index (χ4n) is 3.05. The molecule has 1 unspecified atom stereocenters.